The third-order valence-electron chi connectivity index (χ3n) is 5.24. The number of nitrogens with zero attached hydrogens (tertiary/aromatic N) is 1. The van der Waals surface area contributed by atoms with E-state index in [1.807, 2.05) is 0 Å². The number of rotatable bonds is 8. The van der Waals surface area contributed by atoms with Crippen molar-refractivity contribution in [2.75, 3.05) is 31.5 Å². The molecule has 9 heteroatoms. The summed E-state index contributed by atoms with van der Waals surface area (Å²) < 4.78 is 32.8. The summed E-state index contributed by atoms with van der Waals surface area (Å²) in [4.78, 5) is 26.9. The Kier molecular flexibility index (Phi) is 7.53. The zero-order valence-corrected chi connectivity index (χ0v) is 18.7. The molecule has 0 unspecified atom stereocenters. The van der Waals surface area contributed by atoms with Crippen molar-refractivity contribution in [1.82, 2.24) is 10.2 Å². The molecule has 1 atom stereocenters. The smallest absolute Gasteiger partial charge is 0.262 e. The molecule has 1 fully saturated rings. The van der Waals surface area contributed by atoms with Crippen LogP contribution in [0.5, 0.6) is 5.75 Å². The third kappa shape index (κ3) is 5.67. The number of anilines is 1. The Balaban J connectivity index is 1.66. The van der Waals surface area contributed by atoms with E-state index >= 15 is 0 Å². The molecule has 32 heavy (non-hydrogen) atoms. The monoisotopic (exact) mass is 457 g/mol. The molecule has 8 nitrogen and oxygen atoms in total. The number of likely N-dealkylation sites (tertiary alicyclic amines) is 1. The van der Waals surface area contributed by atoms with Gasteiger partial charge >= 0.3 is 0 Å². The van der Waals surface area contributed by atoms with Crippen LogP contribution in [-0.2, 0) is 14.8 Å². The Morgan fingerprint density at radius 3 is 2.66 bits per heavy atom. The minimum atomic E-state index is -3.80. The summed E-state index contributed by atoms with van der Waals surface area (Å²) in [7, 11) is -2.34. The number of sulfonamides is 1. The fourth-order valence-electron chi connectivity index (χ4n) is 3.54. The number of carbonyl (C=O) groups excluding carboxylic acids is 2. The van der Waals surface area contributed by atoms with Gasteiger partial charge in [0.05, 0.1) is 17.9 Å². The fraction of sp³-hybridized carbons (Fsp3) is 0.304. The third-order valence-corrected chi connectivity index (χ3v) is 6.61. The number of piperidine rings is 1. The van der Waals surface area contributed by atoms with E-state index in [9.17, 15) is 18.0 Å². The zero-order valence-electron chi connectivity index (χ0n) is 17.9. The van der Waals surface area contributed by atoms with E-state index < -0.39 is 10.0 Å². The second kappa shape index (κ2) is 10.3. The van der Waals surface area contributed by atoms with Crippen molar-refractivity contribution >= 4 is 27.5 Å². The van der Waals surface area contributed by atoms with Crippen LogP contribution in [0.1, 0.15) is 23.2 Å². The van der Waals surface area contributed by atoms with Gasteiger partial charge in [-0.05, 0) is 49.2 Å². The SMILES string of the molecule is C=CCNC(=O)[C@@H]1CCCN(C(=O)c2ccc(NS(=O)(=O)c3cccc(OC)c3)cc2)C1. The van der Waals surface area contributed by atoms with Crippen LogP contribution in [0.15, 0.2) is 66.1 Å². The van der Waals surface area contributed by atoms with Gasteiger partial charge in [-0.25, -0.2) is 8.42 Å². The predicted octanol–water partition coefficient (Wildman–Crippen LogP) is 2.65. The second-order valence-electron chi connectivity index (χ2n) is 7.49. The van der Waals surface area contributed by atoms with Crippen molar-refractivity contribution < 1.29 is 22.7 Å². The molecule has 1 aliphatic heterocycles. The lowest BCUT2D eigenvalue weighted by Gasteiger charge is -2.32. The quantitative estimate of drug-likeness (QED) is 0.593. The highest BCUT2D eigenvalue weighted by Gasteiger charge is 2.28. The van der Waals surface area contributed by atoms with Crippen LogP contribution in [0.25, 0.3) is 0 Å². The first-order chi connectivity index (χ1) is 15.3. The van der Waals surface area contributed by atoms with Crippen molar-refractivity contribution in [3.05, 3.63) is 66.7 Å². The molecule has 2 aromatic rings. The number of hydrogen-bond acceptors (Lipinski definition) is 5. The van der Waals surface area contributed by atoms with Crippen molar-refractivity contribution in [3.63, 3.8) is 0 Å². The van der Waals surface area contributed by atoms with Crippen LogP contribution < -0.4 is 14.8 Å². The number of carbonyl (C=O) groups is 2. The first kappa shape index (κ1) is 23.3. The molecule has 0 aromatic heterocycles. The molecule has 1 aliphatic rings. The summed E-state index contributed by atoms with van der Waals surface area (Å²) in [5.41, 5.74) is 0.770. The molecule has 0 spiro atoms. The van der Waals surface area contributed by atoms with Gasteiger partial charge in [0.1, 0.15) is 5.75 Å². The van der Waals surface area contributed by atoms with Gasteiger partial charge in [0.15, 0.2) is 0 Å². The molecule has 2 aromatic carbocycles. The van der Waals surface area contributed by atoms with Gasteiger partial charge in [-0.3, -0.25) is 14.3 Å². The molecule has 2 N–H and O–H groups in total. The largest absolute Gasteiger partial charge is 0.497 e. The molecule has 3 rings (SSSR count). The Labute approximate surface area is 188 Å². The zero-order chi connectivity index (χ0) is 23.1. The maximum atomic E-state index is 12.9. The molecule has 1 heterocycles. The highest BCUT2D eigenvalue weighted by molar-refractivity contribution is 7.92. The van der Waals surface area contributed by atoms with Gasteiger partial charge in [0, 0.05) is 37.0 Å². The minimum Gasteiger partial charge on any atom is -0.497 e. The molecule has 2 amide bonds. The molecule has 0 aliphatic carbocycles. The van der Waals surface area contributed by atoms with Gasteiger partial charge in [0.2, 0.25) is 5.91 Å². The van der Waals surface area contributed by atoms with E-state index in [1.54, 1.807) is 47.4 Å². The number of ether oxygens (including phenoxy) is 1. The van der Waals surface area contributed by atoms with Gasteiger partial charge in [0.25, 0.3) is 15.9 Å². The summed E-state index contributed by atoms with van der Waals surface area (Å²) >= 11 is 0. The van der Waals surface area contributed by atoms with Crippen LogP contribution >= 0.6 is 0 Å². The summed E-state index contributed by atoms with van der Waals surface area (Å²) in [6, 6.07) is 12.4. The van der Waals surface area contributed by atoms with E-state index in [0.717, 1.165) is 12.8 Å². The molecule has 170 valence electrons. The summed E-state index contributed by atoms with van der Waals surface area (Å²) in [5.74, 6) is -0.0773. The lowest BCUT2D eigenvalue weighted by atomic mass is 9.96. The standard InChI is InChI=1S/C23H27N3O5S/c1-3-13-24-22(27)18-6-5-14-26(16-18)23(28)17-9-11-19(12-10-17)25-32(29,30)21-8-4-7-20(15-21)31-2/h3-4,7-12,15,18,25H,1,5-6,13-14,16H2,2H3,(H,24,27)/t18-/m1/s1. The number of amides is 2. The van der Waals surface area contributed by atoms with Crippen molar-refractivity contribution in [2.45, 2.75) is 17.7 Å². The van der Waals surface area contributed by atoms with E-state index in [1.165, 1.54) is 19.2 Å². The highest BCUT2D eigenvalue weighted by Crippen LogP contribution is 2.22. The summed E-state index contributed by atoms with van der Waals surface area (Å²) in [6.07, 6.45) is 3.10. The Morgan fingerprint density at radius 1 is 1.22 bits per heavy atom. The first-order valence-corrected chi connectivity index (χ1v) is 11.8. The van der Waals surface area contributed by atoms with E-state index in [0.29, 0.717) is 36.6 Å². The van der Waals surface area contributed by atoms with E-state index in [-0.39, 0.29) is 22.6 Å². The Bertz CT molecular complexity index is 1080. The molecule has 0 saturated carbocycles. The number of methoxy groups -OCH3 is 1. The highest BCUT2D eigenvalue weighted by atomic mass is 32.2. The van der Waals surface area contributed by atoms with Crippen LogP contribution in [-0.4, -0.2) is 51.9 Å². The van der Waals surface area contributed by atoms with Crippen LogP contribution in [0.2, 0.25) is 0 Å². The van der Waals surface area contributed by atoms with Crippen molar-refractivity contribution in [1.29, 1.82) is 0 Å². The van der Waals surface area contributed by atoms with Gasteiger partial charge in [-0.15, -0.1) is 6.58 Å². The normalized spacial score (nSPS) is 16.2. The minimum absolute atomic E-state index is 0.0751. The lowest BCUT2D eigenvalue weighted by Crippen LogP contribution is -2.45. The number of benzene rings is 2. The van der Waals surface area contributed by atoms with Gasteiger partial charge in [-0.2, -0.15) is 0 Å². The number of nitrogens with one attached hydrogen (secondary N) is 2. The predicted molar refractivity (Wildman–Crippen MR) is 122 cm³/mol. The van der Waals surface area contributed by atoms with Gasteiger partial charge < -0.3 is 15.0 Å². The molecule has 0 radical (unpaired) electrons. The maximum Gasteiger partial charge on any atom is 0.262 e. The first-order valence-electron chi connectivity index (χ1n) is 10.3. The van der Waals surface area contributed by atoms with Crippen LogP contribution in [0, 0.1) is 5.92 Å². The average Bonchev–Trinajstić information content (AvgIpc) is 2.82. The molecule has 1 saturated heterocycles. The van der Waals surface area contributed by atoms with Crippen molar-refractivity contribution in [2.24, 2.45) is 5.92 Å². The van der Waals surface area contributed by atoms with E-state index in [4.69, 9.17) is 4.74 Å². The van der Waals surface area contributed by atoms with E-state index in [2.05, 4.69) is 16.6 Å². The van der Waals surface area contributed by atoms with Crippen LogP contribution in [0.4, 0.5) is 5.69 Å². The second-order valence-corrected chi connectivity index (χ2v) is 9.17. The fourth-order valence-corrected chi connectivity index (χ4v) is 4.63. The Morgan fingerprint density at radius 2 is 1.97 bits per heavy atom. The maximum absolute atomic E-state index is 12.9. The van der Waals surface area contributed by atoms with Crippen LogP contribution in [0.3, 0.4) is 0 Å². The Hall–Kier alpha value is -3.33. The lowest BCUT2D eigenvalue weighted by molar-refractivity contribution is -0.126. The molecular weight excluding hydrogens is 430 g/mol. The van der Waals surface area contributed by atoms with Gasteiger partial charge in [-0.1, -0.05) is 12.1 Å². The topological polar surface area (TPSA) is 105 Å². The summed E-state index contributed by atoms with van der Waals surface area (Å²) in [6.45, 7) is 4.92. The molecular formula is C23H27N3O5S. The average molecular weight is 458 g/mol. The molecule has 0 bridgehead atoms. The summed E-state index contributed by atoms with van der Waals surface area (Å²) in [5, 5.41) is 2.78. The van der Waals surface area contributed by atoms with Crippen molar-refractivity contribution in [3.8, 4) is 5.75 Å². The number of hydrogen-bond donors (Lipinski definition) is 2.